The Labute approximate surface area is 162 Å². The van der Waals surface area contributed by atoms with Gasteiger partial charge in [0.25, 0.3) is 5.91 Å². The topological polar surface area (TPSA) is 101 Å². The van der Waals surface area contributed by atoms with Gasteiger partial charge in [-0.15, -0.1) is 11.3 Å². The lowest BCUT2D eigenvalue weighted by molar-refractivity contribution is 0.0753. The van der Waals surface area contributed by atoms with Crippen LogP contribution in [-0.4, -0.2) is 53.0 Å². The first-order chi connectivity index (χ1) is 12.6. The first-order valence-electron chi connectivity index (χ1n) is 8.53. The van der Waals surface area contributed by atoms with Crippen LogP contribution in [-0.2, 0) is 10.0 Å². The minimum atomic E-state index is -3.26. The van der Waals surface area contributed by atoms with Crippen molar-refractivity contribution in [3.8, 4) is 5.75 Å². The lowest BCUT2D eigenvalue weighted by Gasteiger charge is -2.38. The summed E-state index contributed by atoms with van der Waals surface area (Å²) in [5, 5.41) is 4.62. The maximum atomic E-state index is 12.4. The molecule has 27 heavy (non-hydrogen) atoms. The van der Waals surface area contributed by atoms with Crippen LogP contribution in [0.3, 0.4) is 0 Å². The number of nitrogens with one attached hydrogen (secondary N) is 1. The van der Waals surface area contributed by atoms with Gasteiger partial charge in [-0.05, 0) is 27.7 Å². The van der Waals surface area contributed by atoms with Crippen molar-refractivity contribution >= 4 is 32.4 Å². The summed E-state index contributed by atoms with van der Waals surface area (Å²) in [6.45, 7) is 7.55. The third kappa shape index (κ3) is 4.45. The van der Waals surface area contributed by atoms with Gasteiger partial charge in [0.15, 0.2) is 5.13 Å². The van der Waals surface area contributed by atoms with Gasteiger partial charge in [-0.1, -0.05) is 0 Å². The van der Waals surface area contributed by atoms with Crippen LogP contribution in [0.2, 0.25) is 0 Å². The van der Waals surface area contributed by atoms with Crippen molar-refractivity contribution in [2.24, 2.45) is 0 Å². The van der Waals surface area contributed by atoms with E-state index in [1.54, 1.807) is 32.9 Å². The van der Waals surface area contributed by atoms with Crippen molar-refractivity contribution < 1.29 is 17.9 Å². The molecule has 0 aromatic carbocycles. The Bertz CT molecular complexity index is 950. The van der Waals surface area contributed by atoms with E-state index in [4.69, 9.17) is 4.74 Å². The monoisotopic (exact) mass is 410 g/mol. The average molecular weight is 411 g/mol. The van der Waals surface area contributed by atoms with Gasteiger partial charge in [0.1, 0.15) is 17.5 Å². The fourth-order valence-electron chi connectivity index (χ4n) is 2.57. The van der Waals surface area contributed by atoms with E-state index in [9.17, 15) is 13.2 Å². The molecule has 0 unspecified atom stereocenters. The van der Waals surface area contributed by atoms with Crippen LogP contribution < -0.4 is 10.1 Å². The largest absolute Gasteiger partial charge is 0.488 e. The summed E-state index contributed by atoms with van der Waals surface area (Å²) in [5.41, 5.74) is 1.70. The molecule has 2 aromatic rings. The lowest BCUT2D eigenvalue weighted by Crippen LogP contribution is -2.57. The normalized spacial score (nSPS) is 15.6. The number of thiazole rings is 1. The molecule has 1 N–H and O–H groups in total. The number of carbonyl (C=O) groups excluding carboxylic acids is 1. The Morgan fingerprint density at radius 3 is 2.56 bits per heavy atom. The van der Waals surface area contributed by atoms with E-state index in [0.29, 0.717) is 29.7 Å². The predicted molar refractivity (Wildman–Crippen MR) is 104 cm³/mol. The maximum absolute atomic E-state index is 12.4. The zero-order valence-electron chi connectivity index (χ0n) is 15.6. The number of sulfonamides is 1. The highest BCUT2D eigenvalue weighted by atomic mass is 32.2. The number of anilines is 1. The number of aromatic nitrogens is 2. The predicted octanol–water partition coefficient (Wildman–Crippen LogP) is 2.21. The van der Waals surface area contributed by atoms with Gasteiger partial charge in [-0.3, -0.25) is 10.1 Å². The molecule has 0 spiro atoms. The molecule has 146 valence electrons. The molecule has 3 heterocycles. The first-order valence-corrected chi connectivity index (χ1v) is 10.9. The lowest BCUT2D eigenvalue weighted by atomic mass is 10.2. The zero-order chi connectivity index (χ0) is 19.8. The van der Waals surface area contributed by atoms with Crippen molar-refractivity contribution in [3.05, 3.63) is 34.6 Å². The van der Waals surface area contributed by atoms with Gasteiger partial charge in [-0.2, -0.15) is 4.31 Å². The van der Waals surface area contributed by atoms with Gasteiger partial charge in [0.05, 0.1) is 24.0 Å². The number of amides is 1. The highest BCUT2D eigenvalue weighted by molar-refractivity contribution is 7.89. The van der Waals surface area contributed by atoms with E-state index in [2.05, 4.69) is 15.3 Å². The van der Waals surface area contributed by atoms with Crippen LogP contribution in [0.4, 0.5) is 5.13 Å². The molecule has 1 aliphatic heterocycles. The Morgan fingerprint density at radius 1 is 1.26 bits per heavy atom. The fourth-order valence-corrected chi connectivity index (χ4v) is 4.60. The van der Waals surface area contributed by atoms with Crippen molar-refractivity contribution in [1.29, 1.82) is 0 Å². The number of pyridine rings is 1. The minimum Gasteiger partial charge on any atom is -0.488 e. The Hall–Kier alpha value is -2.04. The molecule has 1 saturated heterocycles. The highest BCUT2D eigenvalue weighted by Gasteiger charge is 2.38. The van der Waals surface area contributed by atoms with Crippen molar-refractivity contribution in [3.63, 3.8) is 0 Å². The summed E-state index contributed by atoms with van der Waals surface area (Å²) < 4.78 is 31.4. The molecule has 0 atom stereocenters. The smallest absolute Gasteiger partial charge is 0.276 e. The van der Waals surface area contributed by atoms with Crippen LogP contribution in [0.15, 0.2) is 17.5 Å². The van der Waals surface area contributed by atoms with E-state index in [0.717, 1.165) is 5.69 Å². The number of hydrogen-bond acceptors (Lipinski definition) is 7. The van der Waals surface area contributed by atoms with E-state index in [1.165, 1.54) is 15.6 Å². The molecule has 1 aliphatic rings. The quantitative estimate of drug-likeness (QED) is 0.783. The minimum absolute atomic E-state index is 0.226. The van der Waals surface area contributed by atoms with Crippen LogP contribution in [0.5, 0.6) is 5.75 Å². The molecule has 0 bridgehead atoms. The van der Waals surface area contributed by atoms with Gasteiger partial charge in [-0.25, -0.2) is 18.4 Å². The summed E-state index contributed by atoms with van der Waals surface area (Å²) in [7, 11) is -3.26. The summed E-state index contributed by atoms with van der Waals surface area (Å²) >= 11 is 1.34. The number of aryl methyl sites for hydroxylation is 2. The second-order valence-corrected chi connectivity index (χ2v) is 10.1. The fraction of sp³-hybridized carbons (Fsp3) is 0.471. The summed E-state index contributed by atoms with van der Waals surface area (Å²) in [6, 6.07) is 3.28. The molecule has 0 radical (unpaired) electrons. The van der Waals surface area contributed by atoms with E-state index in [-0.39, 0.29) is 17.7 Å². The molecule has 8 nitrogen and oxygen atoms in total. The summed E-state index contributed by atoms with van der Waals surface area (Å²) in [6.07, 6.45) is -0.238. The van der Waals surface area contributed by atoms with Gasteiger partial charge in [0.2, 0.25) is 10.0 Å². The van der Waals surface area contributed by atoms with Crippen LogP contribution in [0, 0.1) is 13.8 Å². The third-order valence-corrected chi connectivity index (χ3v) is 7.16. The SMILES string of the molecule is Cc1cc(OC2CN(S(=O)(=O)C(C)C)C2)cc(C(=O)Nc2nc(C)cs2)n1. The molecule has 3 rings (SSSR count). The number of hydrogen-bond donors (Lipinski definition) is 1. The second kappa shape index (κ2) is 7.53. The van der Waals surface area contributed by atoms with Crippen LogP contribution in [0.25, 0.3) is 0 Å². The van der Waals surface area contributed by atoms with E-state index >= 15 is 0 Å². The first kappa shape index (κ1) is 19.7. The van der Waals surface area contributed by atoms with Crippen molar-refractivity contribution in [2.45, 2.75) is 39.0 Å². The molecule has 10 heteroatoms. The molecule has 2 aromatic heterocycles. The summed E-state index contributed by atoms with van der Waals surface area (Å²) in [5.74, 6) is 0.130. The number of ether oxygens (including phenoxy) is 1. The van der Waals surface area contributed by atoms with E-state index in [1.807, 2.05) is 12.3 Å². The zero-order valence-corrected chi connectivity index (χ0v) is 17.2. The Morgan fingerprint density at radius 2 is 1.96 bits per heavy atom. The molecule has 1 fully saturated rings. The van der Waals surface area contributed by atoms with Crippen LogP contribution in [0.1, 0.15) is 35.7 Å². The van der Waals surface area contributed by atoms with E-state index < -0.39 is 15.3 Å². The number of nitrogens with zero attached hydrogens (tertiary/aromatic N) is 3. The molecule has 1 amide bonds. The third-order valence-electron chi connectivity index (χ3n) is 4.07. The number of rotatable bonds is 6. The standard InChI is InChI=1S/C17H22N4O4S2/c1-10(2)27(23,24)21-7-14(8-21)25-13-5-11(3)18-15(6-13)16(22)20-17-19-12(4)9-26-17/h5-6,9-10,14H,7-8H2,1-4H3,(H,19,20,22). The molecular weight excluding hydrogens is 388 g/mol. The Kier molecular flexibility index (Phi) is 5.50. The highest BCUT2D eigenvalue weighted by Crippen LogP contribution is 2.24. The number of carbonyl (C=O) groups is 1. The second-order valence-electron chi connectivity index (χ2n) is 6.73. The van der Waals surface area contributed by atoms with Gasteiger partial charge >= 0.3 is 0 Å². The Balaban J connectivity index is 1.65. The van der Waals surface area contributed by atoms with Crippen molar-refractivity contribution in [2.75, 3.05) is 18.4 Å². The van der Waals surface area contributed by atoms with Crippen LogP contribution >= 0.6 is 11.3 Å². The van der Waals surface area contributed by atoms with Gasteiger partial charge in [0, 0.05) is 23.2 Å². The summed E-state index contributed by atoms with van der Waals surface area (Å²) in [4.78, 5) is 20.9. The maximum Gasteiger partial charge on any atom is 0.276 e. The molecule has 0 saturated carbocycles. The average Bonchev–Trinajstić information content (AvgIpc) is 2.94. The molecule has 0 aliphatic carbocycles. The molecular formula is C17H22N4O4S2. The van der Waals surface area contributed by atoms with Gasteiger partial charge < -0.3 is 4.74 Å². The van der Waals surface area contributed by atoms with Crippen molar-refractivity contribution in [1.82, 2.24) is 14.3 Å².